The van der Waals surface area contributed by atoms with E-state index in [0.29, 0.717) is 0 Å². The quantitative estimate of drug-likeness (QED) is 0.0784. The van der Waals surface area contributed by atoms with E-state index in [4.69, 9.17) is 16.6 Å². The maximum absolute atomic E-state index is 13.1. The van der Waals surface area contributed by atoms with Crippen LogP contribution in [0.25, 0.3) is 0 Å². The molecule has 0 aromatic heterocycles. The lowest BCUT2D eigenvalue weighted by molar-refractivity contribution is -0.141. The number of amides is 4. The van der Waals surface area contributed by atoms with Crippen LogP contribution in [-0.2, 0) is 33.6 Å². The molecular weight excluding hydrogens is 536 g/mol. The van der Waals surface area contributed by atoms with Crippen LogP contribution in [0.2, 0.25) is 0 Å². The van der Waals surface area contributed by atoms with Gasteiger partial charge >= 0.3 is 11.9 Å². The lowest BCUT2D eigenvalue weighted by Crippen LogP contribution is -2.59. The Hall–Kier alpha value is -3.24. The summed E-state index contributed by atoms with van der Waals surface area (Å²) >= 11 is 3.59. The SMILES string of the molecule is CC(C)[C@H](N)C(=O)N[C@@H](CC(=O)O)C(=O)N[C@@H](CCCN)C(=O)N[C@H](C(=O)N[C@@H](CC(=O)O)C(=O)S)C(C)C. The average Bonchev–Trinajstić information content (AvgIpc) is 2.82. The van der Waals surface area contributed by atoms with Crippen LogP contribution in [0.15, 0.2) is 0 Å². The van der Waals surface area contributed by atoms with Crippen molar-refractivity contribution in [1.29, 1.82) is 0 Å². The number of thiol groups is 1. The zero-order chi connectivity index (χ0) is 30.4. The predicted octanol–water partition coefficient (Wildman–Crippen LogP) is -2.29. The molecular formula is C23H40N6O9S. The highest BCUT2D eigenvalue weighted by molar-refractivity contribution is 7.96. The molecule has 5 atom stereocenters. The number of carbonyl (C=O) groups excluding carboxylic acids is 5. The second kappa shape index (κ2) is 17.4. The Morgan fingerprint density at radius 2 is 1.15 bits per heavy atom. The van der Waals surface area contributed by atoms with Crippen molar-refractivity contribution in [2.75, 3.05) is 6.54 Å². The van der Waals surface area contributed by atoms with E-state index >= 15 is 0 Å². The van der Waals surface area contributed by atoms with Crippen LogP contribution in [0, 0.1) is 11.8 Å². The molecule has 39 heavy (non-hydrogen) atoms. The first kappa shape index (κ1) is 35.8. The molecule has 222 valence electrons. The number of nitrogens with two attached hydrogens (primary N) is 2. The number of hydrogen-bond acceptors (Lipinski definition) is 9. The summed E-state index contributed by atoms with van der Waals surface area (Å²) in [5.74, 6) is -6.96. The van der Waals surface area contributed by atoms with Crippen LogP contribution < -0.4 is 32.7 Å². The lowest BCUT2D eigenvalue weighted by Gasteiger charge is -2.27. The minimum atomic E-state index is -1.55. The van der Waals surface area contributed by atoms with Crippen molar-refractivity contribution < 1.29 is 43.8 Å². The molecule has 0 rings (SSSR count). The molecule has 15 nitrogen and oxygen atoms in total. The van der Waals surface area contributed by atoms with E-state index in [9.17, 15) is 38.7 Å². The van der Waals surface area contributed by atoms with Crippen LogP contribution in [0.5, 0.6) is 0 Å². The summed E-state index contributed by atoms with van der Waals surface area (Å²) in [6, 6.07) is -6.51. The summed E-state index contributed by atoms with van der Waals surface area (Å²) < 4.78 is 0. The summed E-state index contributed by atoms with van der Waals surface area (Å²) in [4.78, 5) is 85.2. The summed E-state index contributed by atoms with van der Waals surface area (Å²) in [6.45, 7) is 6.65. The number of carbonyl (C=O) groups is 7. The Bertz CT molecular complexity index is 915. The first-order chi connectivity index (χ1) is 18.0. The van der Waals surface area contributed by atoms with Gasteiger partial charge in [0.15, 0.2) is 0 Å². The molecule has 0 saturated carbocycles. The van der Waals surface area contributed by atoms with Gasteiger partial charge in [-0.2, -0.15) is 0 Å². The van der Waals surface area contributed by atoms with E-state index in [-0.39, 0.29) is 25.3 Å². The minimum Gasteiger partial charge on any atom is -0.481 e. The van der Waals surface area contributed by atoms with E-state index in [2.05, 4.69) is 33.9 Å². The first-order valence-corrected chi connectivity index (χ1v) is 12.8. The van der Waals surface area contributed by atoms with Crippen molar-refractivity contribution in [3.63, 3.8) is 0 Å². The standard InChI is InChI=1S/C23H40N6O9S/c1-10(2)17(25)21(36)27-13(8-15(30)31)20(35)26-12(6-5-7-24)19(34)29-18(11(3)4)22(37)28-14(23(38)39)9-16(32)33/h10-14,17-18H,5-9,24-25H2,1-4H3,(H,26,35)(H,27,36)(H,28,37)(H,29,34)(H,30,31)(H,32,33)(H,38,39)/t12-,13-,14-,17-,18-/m0/s1. The fraction of sp³-hybridized carbons (Fsp3) is 0.696. The molecule has 0 aromatic rings. The van der Waals surface area contributed by atoms with Gasteiger partial charge in [-0.1, -0.05) is 27.7 Å². The van der Waals surface area contributed by atoms with Crippen molar-refractivity contribution in [3.05, 3.63) is 0 Å². The number of carboxylic acid groups (broad SMARTS) is 2. The minimum absolute atomic E-state index is 0.0104. The molecule has 0 spiro atoms. The molecule has 0 fully saturated rings. The van der Waals surface area contributed by atoms with Crippen molar-refractivity contribution in [3.8, 4) is 0 Å². The number of nitrogens with one attached hydrogen (secondary N) is 4. The van der Waals surface area contributed by atoms with Crippen molar-refractivity contribution in [1.82, 2.24) is 21.3 Å². The molecule has 0 aromatic carbocycles. The van der Waals surface area contributed by atoms with Crippen LogP contribution in [0.3, 0.4) is 0 Å². The summed E-state index contributed by atoms with van der Waals surface area (Å²) in [6.07, 6.45) is -1.23. The normalized spacial score (nSPS) is 14.9. The van der Waals surface area contributed by atoms with Crippen LogP contribution >= 0.6 is 12.6 Å². The Kier molecular flexibility index (Phi) is 15.9. The molecule has 0 heterocycles. The van der Waals surface area contributed by atoms with Gasteiger partial charge in [0.2, 0.25) is 28.7 Å². The molecule has 4 amide bonds. The van der Waals surface area contributed by atoms with Gasteiger partial charge in [0.05, 0.1) is 18.9 Å². The van der Waals surface area contributed by atoms with Gasteiger partial charge in [0, 0.05) is 0 Å². The second-order valence-electron chi connectivity index (χ2n) is 9.65. The van der Waals surface area contributed by atoms with Crippen molar-refractivity contribution >= 4 is 53.3 Å². The Balaban J connectivity index is 5.78. The first-order valence-electron chi connectivity index (χ1n) is 12.3. The number of carboxylic acids is 2. The fourth-order valence-electron chi connectivity index (χ4n) is 3.24. The van der Waals surface area contributed by atoms with Gasteiger partial charge in [0.1, 0.15) is 24.2 Å². The van der Waals surface area contributed by atoms with E-state index in [1.54, 1.807) is 27.7 Å². The molecule has 0 aliphatic rings. The maximum atomic E-state index is 13.1. The number of aliphatic carboxylic acids is 2. The van der Waals surface area contributed by atoms with Gasteiger partial charge in [-0.25, -0.2) is 0 Å². The molecule has 10 N–H and O–H groups in total. The second-order valence-corrected chi connectivity index (χ2v) is 10.1. The Morgan fingerprint density at radius 3 is 1.59 bits per heavy atom. The Morgan fingerprint density at radius 1 is 0.692 bits per heavy atom. The van der Waals surface area contributed by atoms with E-state index in [1.807, 2.05) is 0 Å². The lowest BCUT2D eigenvalue weighted by atomic mass is 10.0. The monoisotopic (exact) mass is 576 g/mol. The third-order valence-electron chi connectivity index (χ3n) is 5.60. The van der Waals surface area contributed by atoms with E-state index in [0.717, 1.165) is 0 Å². The van der Waals surface area contributed by atoms with Crippen LogP contribution in [0.4, 0.5) is 0 Å². The fourth-order valence-corrected chi connectivity index (χ4v) is 3.40. The largest absolute Gasteiger partial charge is 0.481 e. The average molecular weight is 577 g/mol. The summed E-state index contributed by atoms with van der Waals surface area (Å²) in [7, 11) is 0. The van der Waals surface area contributed by atoms with Gasteiger partial charge in [-0.05, 0) is 31.2 Å². The molecule has 0 aliphatic carbocycles. The summed E-state index contributed by atoms with van der Waals surface area (Å²) in [5, 5.41) is 26.7. The molecule has 0 bridgehead atoms. The molecule has 0 saturated heterocycles. The smallest absolute Gasteiger partial charge is 0.305 e. The van der Waals surface area contributed by atoms with Gasteiger partial charge in [-0.3, -0.25) is 33.6 Å². The zero-order valence-corrected chi connectivity index (χ0v) is 23.3. The predicted molar refractivity (Wildman–Crippen MR) is 142 cm³/mol. The van der Waals surface area contributed by atoms with Gasteiger partial charge in [0.25, 0.3) is 0 Å². The zero-order valence-electron chi connectivity index (χ0n) is 22.4. The van der Waals surface area contributed by atoms with Crippen molar-refractivity contribution in [2.24, 2.45) is 23.3 Å². The highest BCUT2D eigenvalue weighted by atomic mass is 32.1. The molecule has 16 heteroatoms. The Labute approximate surface area is 232 Å². The van der Waals surface area contributed by atoms with E-state index < -0.39 is 89.7 Å². The molecule has 0 aliphatic heterocycles. The number of hydrogen-bond donors (Lipinski definition) is 9. The highest BCUT2D eigenvalue weighted by Crippen LogP contribution is 2.08. The van der Waals surface area contributed by atoms with E-state index in [1.165, 1.54) is 0 Å². The molecule has 0 unspecified atom stereocenters. The maximum Gasteiger partial charge on any atom is 0.305 e. The van der Waals surface area contributed by atoms with Crippen LogP contribution in [0.1, 0.15) is 53.4 Å². The van der Waals surface area contributed by atoms with Gasteiger partial charge in [-0.15, -0.1) is 12.6 Å². The number of rotatable bonds is 18. The van der Waals surface area contributed by atoms with Crippen molar-refractivity contribution in [2.45, 2.75) is 83.6 Å². The third kappa shape index (κ3) is 13.4. The topological polar surface area (TPSA) is 260 Å². The molecule has 0 radical (unpaired) electrons. The third-order valence-corrected chi connectivity index (χ3v) is 5.91. The summed E-state index contributed by atoms with van der Waals surface area (Å²) in [5.41, 5.74) is 11.3. The van der Waals surface area contributed by atoms with Crippen LogP contribution in [-0.4, -0.2) is 87.6 Å². The van der Waals surface area contributed by atoms with Gasteiger partial charge < -0.3 is 42.9 Å². The highest BCUT2D eigenvalue weighted by Gasteiger charge is 2.33.